The maximum atomic E-state index is 11.0. The number of hydrogen-bond donors (Lipinski definition) is 1. The van der Waals surface area contributed by atoms with Gasteiger partial charge in [-0.3, -0.25) is 4.98 Å². The summed E-state index contributed by atoms with van der Waals surface area (Å²) in [5.41, 5.74) is 0.746. The Kier molecular flexibility index (Phi) is 3.62. The minimum atomic E-state index is -1.06. The molecule has 0 spiro atoms. The second-order valence-corrected chi connectivity index (χ2v) is 4.60. The number of pyridine rings is 1. The highest BCUT2D eigenvalue weighted by Crippen LogP contribution is 2.26. The van der Waals surface area contributed by atoms with E-state index in [4.69, 9.17) is 9.84 Å². The van der Waals surface area contributed by atoms with Gasteiger partial charge in [0.2, 0.25) is 0 Å². The third-order valence-corrected chi connectivity index (χ3v) is 2.80. The zero-order chi connectivity index (χ0) is 13.1. The lowest BCUT2D eigenvalue weighted by atomic mass is 10.2. The van der Waals surface area contributed by atoms with Gasteiger partial charge in [-0.15, -0.1) is 0 Å². The molecule has 0 amide bonds. The molecule has 18 heavy (non-hydrogen) atoms. The first-order valence-corrected chi connectivity index (χ1v) is 5.99. The third kappa shape index (κ3) is 2.87. The van der Waals surface area contributed by atoms with Crippen LogP contribution < -0.4 is 4.74 Å². The van der Waals surface area contributed by atoms with Gasteiger partial charge in [0.1, 0.15) is 17.1 Å². The van der Waals surface area contributed by atoms with Crippen LogP contribution in [0.1, 0.15) is 16.1 Å². The standard InChI is InChI=1S/C13H10BrNO3/c1-8-6-12(11(7-15-8)13(16)17)18-10-4-2-9(14)3-5-10/h2-7H,1H3,(H,16,17). The fraction of sp³-hybridized carbons (Fsp3) is 0.0769. The Labute approximate surface area is 112 Å². The van der Waals surface area contributed by atoms with E-state index < -0.39 is 5.97 Å². The minimum Gasteiger partial charge on any atom is -0.477 e. The summed E-state index contributed by atoms with van der Waals surface area (Å²) in [4.78, 5) is 15.0. The van der Waals surface area contributed by atoms with Gasteiger partial charge >= 0.3 is 5.97 Å². The number of nitrogens with zero attached hydrogens (tertiary/aromatic N) is 1. The van der Waals surface area contributed by atoms with Gasteiger partial charge in [0.05, 0.1) is 0 Å². The van der Waals surface area contributed by atoms with Crippen molar-refractivity contribution < 1.29 is 14.6 Å². The molecule has 1 N–H and O–H groups in total. The van der Waals surface area contributed by atoms with E-state index in [-0.39, 0.29) is 11.3 Å². The zero-order valence-electron chi connectivity index (χ0n) is 9.55. The molecule has 5 heteroatoms. The van der Waals surface area contributed by atoms with E-state index in [0.29, 0.717) is 11.4 Å². The van der Waals surface area contributed by atoms with Crippen molar-refractivity contribution in [3.8, 4) is 11.5 Å². The number of hydrogen-bond acceptors (Lipinski definition) is 3. The van der Waals surface area contributed by atoms with Crippen LogP contribution in [-0.2, 0) is 0 Å². The molecule has 1 aromatic heterocycles. The van der Waals surface area contributed by atoms with Crippen molar-refractivity contribution >= 4 is 21.9 Å². The Hall–Kier alpha value is -1.88. The molecule has 1 aromatic carbocycles. The van der Waals surface area contributed by atoms with Gasteiger partial charge in [0.25, 0.3) is 0 Å². The summed E-state index contributed by atoms with van der Waals surface area (Å²) in [6, 6.07) is 8.76. The summed E-state index contributed by atoms with van der Waals surface area (Å²) in [5, 5.41) is 9.05. The van der Waals surface area contributed by atoms with E-state index in [1.807, 2.05) is 12.1 Å². The van der Waals surface area contributed by atoms with Crippen LogP contribution in [0.15, 0.2) is 41.0 Å². The molecule has 0 saturated carbocycles. The Morgan fingerprint density at radius 1 is 1.33 bits per heavy atom. The minimum absolute atomic E-state index is 0.0449. The molecule has 92 valence electrons. The molecule has 2 aromatic rings. The molecule has 0 saturated heterocycles. The Morgan fingerprint density at radius 2 is 2.00 bits per heavy atom. The highest BCUT2D eigenvalue weighted by atomic mass is 79.9. The van der Waals surface area contributed by atoms with E-state index in [0.717, 1.165) is 4.47 Å². The summed E-state index contributed by atoms with van der Waals surface area (Å²) in [7, 11) is 0. The second kappa shape index (κ2) is 5.18. The summed E-state index contributed by atoms with van der Waals surface area (Å²) in [6.45, 7) is 1.78. The van der Waals surface area contributed by atoms with Crippen molar-refractivity contribution in [1.82, 2.24) is 4.98 Å². The number of halogens is 1. The molecule has 2 rings (SSSR count). The van der Waals surface area contributed by atoms with Crippen LogP contribution in [0.25, 0.3) is 0 Å². The van der Waals surface area contributed by atoms with E-state index in [9.17, 15) is 4.79 Å². The van der Waals surface area contributed by atoms with Crippen LogP contribution in [0.4, 0.5) is 0 Å². The van der Waals surface area contributed by atoms with E-state index >= 15 is 0 Å². The van der Waals surface area contributed by atoms with Crippen molar-refractivity contribution in [2.24, 2.45) is 0 Å². The van der Waals surface area contributed by atoms with Gasteiger partial charge in [0, 0.05) is 22.4 Å². The predicted octanol–water partition coefficient (Wildman–Crippen LogP) is 3.64. The number of ether oxygens (including phenoxy) is 1. The number of rotatable bonds is 3. The lowest BCUT2D eigenvalue weighted by molar-refractivity contribution is 0.0693. The normalized spacial score (nSPS) is 10.1. The first-order valence-electron chi connectivity index (χ1n) is 5.19. The van der Waals surface area contributed by atoms with Crippen molar-refractivity contribution in [1.29, 1.82) is 0 Å². The van der Waals surface area contributed by atoms with Crippen LogP contribution in [0.2, 0.25) is 0 Å². The lowest BCUT2D eigenvalue weighted by Gasteiger charge is -2.09. The summed E-state index contributed by atoms with van der Waals surface area (Å²) >= 11 is 3.32. The molecule has 0 unspecified atom stereocenters. The molecule has 4 nitrogen and oxygen atoms in total. The highest BCUT2D eigenvalue weighted by molar-refractivity contribution is 9.10. The van der Waals surface area contributed by atoms with E-state index in [2.05, 4.69) is 20.9 Å². The van der Waals surface area contributed by atoms with Crippen LogP contribution >= 0.6 is 15.9 Å². The summed E-state index contributed by atoms with van der Waals surface area (Å²) in [6.07, 6.45) is 1.30. The fourth-order valence-electron chi connectivity index (χ4n) is 1.41. The Bertz CT molecular complexity index is 581. The maximum Gasteiger partial charge on any atom is 0.341 e. The zero-order valence-corrected chi connectivity index (χ0v) is 11.1. The average molecular weight is 308 g/mol. The van der Waals surface area contributed by atoms with E-state index in [1.165, 1.54) is 6.20 Å². The number of carboxylic acid groups (broad SMARTS) is 1. The van der Waals surface area contributed by atoms with Crippen LogP contribution in [0.3, 0.4) is 0 Å². The molecule has 0 fully saturated rings. The third-order valence-electron chi connectivity index (χ3n) is 2.27. The van der Waals surface area contributed by atoms with Gasteiger partial charge in [-0.1, -0.05) is 15.9 Å². The predicted molar refractivity (Wildman–Crippen MR) is 70.1 cm³/mol. The molecule has 0 aliphatic rings. The molecule has 0 radical (unpaired) electrons. The number of carbonyl (C=O) groups is 1. The second-order valence-electron chi connectivity index (χ2n) is 3.68. The number of benzene rings is 1. The van der Waals surface area contributed by atoms with Crippen molar-refractivity contribution in [2.75, 3.05) is 0 Å². The number of aromatic carboxylic acids is 1. The topological polar surface area (TPSA) is 59.4 Å². The van der Waals surface area contributed by atoms with Gasteiger partial charge in [-0.05, 0) is 31.2 Å². The average Bonchev–Trinajstić information content (AvgIpc) is 2.32. The number of aryl methyl sites for hydroxylation is 1. The fourth-order valence-corrected chi connectivity index (χ4v) is 1.67. The molecular formula is C13H10BrNO3. The quantitative estimate of drug-likeness (QED) is 0.940. The van der Waals surface area contributed by atoms with Crippen molar-refractivity contribution in [2.45, 2.75) is 6.92 Å². The molecule has 0 atom stereocenters. The van der Waals surface area contributed by atoms with Crippen molar-refractivity contribution in [3.05, 3.63) is 52.3 Å². The van der Waals surface area contributed by atoms with Gasteiger partial charge in [-0.25, -0.2) is 4.79 Å². The smallest absolute Gasteiger partial charge is 0.341 e. The van der Waals surface area contributed by atoms with Crippen molar-refractivity contribution in [3.63, 3.8) is 0 Å². The monoisotopic (exact) mass is 307 g/mol. The number of aromatic nitrogens is 1. The van der Waals surface area contributed by atoms with Crippen LogP contribution in [0.5, 0.6) is 11.5 Å². The first-order chi connectivity index (χ1) is 8.56. The SMILES string of the molecule is Cc1cc(Oc2ccc(Br)cc2)c(C(=O)O)cn1. The maximum absolute atomic E-state index is 11.0. The largest absolute Gasteiger partial charge is 0.477 e. The van der Waals surface area contributed by atoms with E-state index in [1.54, 1.807) is 25.1 Å². The molecule has 0 aliphatic heterocycles. The molecule has 0 bridgehead atoms. The molecule has 1 heterocycles. The lowest BCUT2D eigenvalue weighted by Crippen LogP contribution is -2.01. The van der Waals surface area contributed by atoms with Gasteiger partial charge in [-0.2, -0.15) is 0 Å². The van der Waals surface area contributed by atoms with Gasteiger partial charge in [0.15, 0.2) is 0 Å². The van der Waals surface area contributed by atoms with Crippen LogP contribution in [-0.4, -0.2) is 16.1 Å². The summed E-state index contributed by atoms with van der Waals surface area (Å²) < 4.78 is 6.49. The molecule has 0 aliphatic carbocycles. The molecular weight excluding hydrogens is 298 g/mol. The summed E-state index contributed by atoms with van der Waals surface area (Å²) in [5.74, 6) is -0.196. The van der Waals surface area contributed by atoms with Gasteiger partial charge < -0.3 is 9.84 Å². The Balaban J connectivity index is 2.35. The highest BCUT2D eigenvalue weighted by Gasteiger charge is 2.13. The first kappa shape index (κ1) is 12.6. The number of carboxylic acids is 1. The van der Waals surface area contributed by atoms with Crippen LogP contribution in [0, 0.1) is 6.92 Å². The Morgan fingerprint density at radius 3 is 2.61 bits per heavy atom.